The summed E-state index contributed by atoms with van der Waals surface area (Å²) in [4.78, 5) is 3.92. The Balaban J connectivity index is 1.86. The van der Waals surface area contributed by atoms with Crippen molar-refractivity contribution in [1.82, 2.24) is 19.6 Å². The maximum absolute atomic E-state index is 12.2. The zero-order valence-corrected chi connectivity index (χ0v) is 13.6. The van der Waals surface area contributed by atoms with E-state index in [1.165, 1.54) is 11.3 Å². The lowest BCUT2D eigenvalue weighted by atomic mass is 10.3. The van der Waals surface area contributed by atoms with E-state index in [1.807, 2.05) is 9.95 Å². The van der Waals surface area contributed by atoms with Crippen molar-refractivity contribution in [2.45, 2.75) is 30.6 Å². The summed E-state index contributed by atoms with van der Waals surface area (Å²) in [7, 11) is -3.42. The minimum Gasteiger partial charge on any atom is -0.336 e. The molecule has 2 N–H and O–H groups in total. The van der Waals surface area contributed by atoms with Gasteiger partial charge in [-0.2, -0.15) is 0 Å². The molecule has 0 spiro atoms. The number of thiophene rings is 1. The summed E-state index contributed by atoms with van der Waals surface area (Å²) in [5.41, 5.74) is 1.00. The normalized spacial score (nSPS) is 11.9. The second-order valence-electron chi connectivity index (χ2n) is 4.65. The van der Waals surface area contributed by atoms with Crippen LogP contribution in [-0.2, 0) is 23.1 Å². The lowest BCUT2D eigenvalue weighted by molar-refractivity contribution is 0.574. The number of hydrogen-bond acceptors (Lipinski definition) is 5. The Hall–Kier alpha value is -1.22. The fourth-order valence-corrected chi connectivity index (χ4v) is 4.07. The number of aromatic nitrogens is 2. The first kappa shape index (κ1) is 16.2. The van der Waals surface area contributed by atoms with Crippen LogP contribution in [0.1, 0.15) is 18.9 Å². The van der Waals surface area contributed by atoms with Crippen LogP contribution in [0.25, 0.3) is 0 Å². The van der Waals surface area contributed by atoms with Gasteiger partial charge in [-0.05, 0) is 30.0 Å². The van der Waals surface area contributed by atoms with Gasteiger partial charge in [0.05, 0.1) is 6.33 Å². The fraction of sp³-hybridized carbons (Fsp3) is 0.462. The van der Waals surface area contributed by atoms with Gasteiger partial charge in [0.15, 0.2) is 0 Å². The Morgan fingerprint density at radius 3 is 2.95 bits per heavy atom. The largest absolute Gasteiger partial charge is 0.336 e. The first-order valence-electron chi connectivity index (χ1n) is 6.85. The Labute approximate surface area is 129 Å². The average molecular weight is 328 g/mol. The van der Waals surface area contributed by atoms with Crippen molar-refractivity contribution in [3.05, 3.63) is 35.7 Å². The molecule has 0 unspecified atom stereocenters. The molecule has 0 radical (unpaired) electrons. The van der Waals surface area contributed by atoms with E-state index < -0.39 is 10.0 Å². The quantitative estimate of drug-likeness (QED) is 0.683. The van der Waals surface area contributed by atoms with Gasteiger partial charge in [-0.25, -0.2) is 18.1 Å². The Bertz CT molecular complexity index is 635. The van der Waals surface area contributed by atoms with Crippen molar-refractivity contribution >= 4 is 21.4 Å². The van der Waals surface area contributed by atoms with E-state index in [-0.39, 0.29) is 0 Å². The SMILES string of the molecule is CCCNCc1csc(S(=O)(=O)NCCn2ccnc2)c1. The number of hydrogen-bond donors (Lipinski definition) is 2. The van der Waals surface area contributed by atoms with Crippen LogP contribution < -0.4 is 10.0 Å². The van der Waals surface area contributed by atoms with Gasteiger partial charge >= 0.3 is 0 Å². The molecule has 8 heteroatoms. The van der Waals surface area contributed by atoms with E-state index in [9.17, 15) is 8.42 Å². The second kappa shape index (κ2) is 7.69. The molecule has 21 heavy (non-hydrogen) atoms. The monoisotopic (exact) mass is 328 g/mol. The summed E-state index contributed by atoms with van der Waals surface area (Å²) in [6.45, 7) is 4.65. The first-order valence-corrected chi connectivity index (χ1v) is 9.21. The van der Waals surface area contributed by atoms with Crippen molar-refractivity contribution < 1.29 is 8.42 Å². The van der Waals surface area contributed by atoms with Gasteiger partial charge in [0.25, 0.3) is 0 Å². The van der Waals surface area contributed by atoms with Crippen LogP contribution in [0.4, 0.5) is 0 Å². The lowest BCUT2D eigenvalue weighted by Gasteiger charge is -2.05. The maximum atomic E-state index is 12.2. The summed E-state index contributed by atoms with van der Waals surface area (Å²) in [5.74, 6) is 0. The lowest BCUT2D eigenvalue weighted by Crippen LogP contribution is -2.26. The smallest absolute Gasteiger partial charge is 0.250 e. The summed E-state index contributed by atoms with van der Waals surface area (Å²) in [6.07, 6.45) is 6.20. The molecule has 0 fully saturated rings. The Kier molecular flexibility index (Phi) is 5.92. The second-order valence-corrected chi connectivity index (χ2v) is 7.55. The summed E-state index contributed by atoms with van der Waals surface area (Å²) in [5, 5.41) is 5.14. The minimum atomic E-state index is -3.42. The fourth-order valence-electron chi connectivity index (χ4n) is 1.80. The molecule has 0 aliphatic rings. The van der Waals surface area contributed by atoms with Crippen molar-refractivity contribution in [3.8, 4) is 0 Å². The molecule has 6 nitrogen and oxygen atoms in total. The van der Waals surface area contributed by atoms with Crippen molar-refractivity contribution in [3.63, 3.8) is 0 Å². The molecule has 0 amide bonds. The molecule has 0 atom stereocenters. The first-order chi connectivity index (χ1) is 10.1. The van der Waals surface area contributed by atoms with E-state index in [0.717, 1.165) is 18.5 Å². The molecule has 0 bridgehead atoms. The van der Waals surface area contributed by atoms with Crippen LogP contribution in [0.5, 0.6) is 0 Å². The molecule has 2 heterocycles. The molecule has 0 aromatic carbocycles. The van der Waals surface area contributed by atoms with Crippen LogP contribution in [0.2, 0.25) is 0 Å². The molecular weight excluding hydrogens is 308 g/mol. The standard InChI is InChI=1S/C13H20N4O2S2/c1-2-3-14-9-12-8-13(20-10-12)21(18,19)16-5-7-17-6-4-15-11-17/h4,6,8,10-11,14,16H,2-3,5,7,9H2,1H3. The van der Waals surface area contributed by atoms with Gasteiger partial charge in [0.2, 0.25) is 10.0 Å². The number of sulfonamides is 1. The van der Waals surface area contributed by atoms with E-state index in [2.05, 4.69) is 21.9 Å². The van der Waals surface area contributed by atoms with Crippen LogP contribution >= 0.6 is 11.3 Å². The number of nitrogens with zero attached hydrogens (tertiary/aromatic N) is 2. The molecule has 2 aromatic heterocycles. The molecule has 0 aliphatic heterocycles. The molecule has 2 aromatic rings. The predicted molar refractivity (Wildman–Crippen MR) is 83.7 cm³/mol. The molecular formula is C13H20N4O2S2. The summed E-state index contributed by atoms with van der Waals surface area (Å²) >= 11 is 1.25. The van der Waals surface area contributed by atoms with E-state index >= 15 is 0 Å². The highest BCUT2D eigenvalue weighted by Gasteiger charge is 2.16. The van der Waals surface area contributed by atoms with Gasteiger partial charge in [0.1, 0.15) is 4.21 Å². The van der Waals surface area contributed by atoms with Gasteiger partial charge in [-0.3, -0.25) is 0 Å². The topological polar surface area (TPSA) is 76.0 Å². The zero-order valence-electron chi connectivity index (χ0n) is 11.9. The highest BCUT2D eigenvalue weighted by Crippen LogP contribution is 2.19. The Morgan fingerprint density at radius 2 is 2.24 bits per heavy atom. The molecule has 116 valence electrons. The summed E-state index contributed by atoms with van der Waals surface area (Å²) in [6, 6.07) is 1.73. The van der Waals surface area contributed by atoms with Gasteiger partial charge in [-0.1, -0.05) is 6.92 Å². The van der Waals surface area contributed by atoms with Crippen molar-refractivity contribution in [2.24, 2.45) is 0 Å². The predicted octanol–water partition coefficient (Wildman–Crippen LogP) is 1.42. The Morgan fingerprint density at radius 1 is 1.38 bits per heavy atom. The van der Waals surface area contributed by atoms with Crippen molar-refractivity contribution in [1.29, 1.82) is 0 Å². The minimum absolute atomic E-state index is 0.347. The highest BCUT2D eigenvalue weighted by atomic mass is 32.2. The highest BCUT2D eigenvalue weighted by molar-refractivity contribution is 7.91. The number of rotatable bonds is 9. The van der Waals surface area contributed by atoms with Crippen LogP contribution in [0, 0.1) is 0 Å². The van der Waals surface area contributed by atoms with Crippen LogP contribution in [0.15, 0.2) is 34.4 Å². The molecule has 0 saturated carbocycles. The number of nitrogens with one attached hydrogen (secondary N) is 2. The van der Waals surface area contributed by atoms with Crippen molar-refractivity contribution in [2.75, 3.05) is 13.1 Å². The zero-order chi connectivity index (χ0) is 15.1. The number of imidazole rings is 1. The van der Waals surface area contributed by atoms with E-state index in [1.54, 1.807) is 24.8 Å². The van der Waals surface area contributed by atoms with E-state index in [0.29, 0.717) is 23.8 Å². The third-order valence-electron chi connectivity index (χ3n) is 2.87. The van der Waals surface area contributed by atoms with Gasteiger partial charge < -0.3 is 9.88 Å². The average Bonchev–Trinajstić information content (AvgIpc) is 3.10. The van der Waals surface area contributed by atoms with Crippen LogP contribution in [-0.4, -0.2) is 31.1 Å². The third kappa shape index (κ3) is 4.92. The third-order valence-corrected chi connectivity index (χ3v) is 5.82. The molecule has 0 aliphatic carbocycles. The summed E-state index contributed by atoms with van der Waals surface area (Å²) < 4.78 is 29.1. The van der Waals surface area contributed by atoms with Crippen LogP contribution in [0.3, 0.4) is 0 Å². The van der Waals surface area contributed by atoms with Gasteiger partial charge in [-0.15, -0.1) is 11.3 Å². The van der Waals surface area contributed by atoms with E-state index in [4.69, 9.17) is 0 Å². The molecule has 0 saturated heterocycles. The maximum Gasteiger partial charge on any atom is 0.250 e. The molecule has 2 rings (SSSR count). The van der Waals surface area contributed by atoms with Gasteiger partial charge in [0, 0.05) is 32.0 Å².